The number of hydrogen-bond acceptors (Lipinski definition) is 4. The highest BCUT2D eigenvalue weighted by Gasteiger charge is 2.28. The number of anilines is 2. The molecule has 0 radical (unpaired) electrons. The van der Waals surface area contributed by atoms with E-state index in [1.54, 1.807) is 12.1 Å². The number of nitrogens with zero attached hydrogens (tertiary/aromatic N) is 1. The number of para-hydroxylation sites is 2. The van der Waals surface area contributed by atoms with Crippen molar-refractivity contribution in [2.24, 2.45) is 0 Å². The Bertz CT molecular complexity index is 1120. The van der Waals surface area contributed by atoms with Crippen LogP contribution < -0.4 is 10.2 Å². The summed E-state index contributed by atoms with van der Waals surface area (Å²) in [4.78, 5) is 27.9. The van der Waals surface area contributed by atoms with Gasteiger partial charge in [0.2, 0.25) is 0 Å². The van der Waals surface area contributed by atoms with Crippen molar-refractivity contribution in [2.45, 2.75) is 25.4 Å². The fourth-order valence-corrected chi connectivity index (χ4v) is 4.40. The van der Waals surface area contributed by atoms with Gasteiger partial charge in [-0.05, 0) is 54.3 Å². The lowest BCUT2D eigenvalue weighted by molar-refractivity contribution is 0.0252. The molecule has 156 valence electrons. The van der Waals surface area contributed by atoms with E-state index in [2.05, 4.69) is 10.2 Å². The summed E-state index contributed by atoms with van der Waals surface area (Å²) in [6.45, 7) is 2.02. The minimum Gasteiger partial charge on any atom is -0.454 e. The summed E-state index contributed by atoms with van der Waals surface area (Å²) < 4.78 is 5.62. The SMILES string of the molecule is O=C(Nc1ccccc1N1CCCC1)c1ccc2c(c1)C[C@@H](c1ccccc1)OC2=O. The summed E-state index contributed by atoms with van der Waals surface area (Å²) in [6, 6.07) is 22.8. The van der Waals surface area contributed by atoms with Gasteiger partial charge in [-0.3, -0.25) is 4.79 Å². The molecule has 0 unspecified atom stereocenters. The van der Waals surface area contributed by atoms with E-state index >= 15 is 0 Å². The van der Waals surface area contributed by atoms with Gasteiger partial charge in [-0.15, -0.1) is 0 Å². The number of carbonyl (C=O) groups excluding carboxylic acids is 2. The van der Waals surface area contributed by atoms with Crippen molar-refractivity contribution < 1.29 is 14.3 Å². The Morgan fingerprint density at radius 3 is 2.48 bits per heavy atom. The van der Waals surface area contributed by atoms with E-state index in [4.69, 9.17) is 4.74 Å². The Balaban J connectivity index is 1.39. The van der Waals surface area contributed by atoms with Gasteiger partial charge < -0.3 is 15.0 Å². The number of carbonyl (C=O) groups is 2. The van der Waals surface area contributed by atoms with Gasteiger partial charge in [0, 0.05) is 25.1 Å². The Morgan fingerprint density at radius 1 is 0.935 bits per heavy atom. The molecule has 2 aliphatic heterocycles. The van der Waals surface area contributed by atoms with Gasteiger partial charge in [-0.1, -0.05) is 42.5 Å². The third-order valence-corrected chi connectivity index (χ3v) is 6.01. The average Bonchev–Trinajstić information content (AvgIpc) is 3.34. The molecule has 0 bridgehead atoms. The molecule has 3 aromatic carbocycles. The Kier molecular flexibility index (Phi) is 5.16. The van der Waals surface area contributed by atoms with Crippen molar-refractivity contribution >= 4 is 23.3 Å². The van der Waals surface area contributed by atoms with Gasteiger partial charge in [-0.25, -0.2) is 4.79 Å². The normalized spacial score (nSPS) is 17.7. The highest BCUT2D eigenvalue weighted by Crippen LogP contribution is 2.32. The molecule has 3 aromatic rings. The first-order chi connectivity index (χ1) is 15.2. The first kappa shape index (κ1) is 19.4. The molecule has 2 aliphatic rings. The fourth-order valence-electron chi connectivity index (χ4n) is 4.40. The Morgan fingerprint density at radius 2 is 1.68 bits per heavy atom. The molecule has 31 heavy (non-hydrogen) atoms. The Labute approximate surface area is 181 Å². The van der Waals surface area contributed by atoms with Crippen LogP contribution in [-0.4, -0.2) is 25.0 Å². The van der Waals surface area contributed by atoms with Crippen LogP contribution in [0.2, 0.25) is 0 Å². The van der Waals surface area contributed by atoms with Gasteiger partial charge in [0.15, 0.2) is 0 Å². The molecule has 2 heterocycles. The lowest BCUT2D eigenvalue weighted by atomic mass is 9.93. The second-order valence-corrected chi connectivity index (χ2v) is 8.05. The zero-order valence-corrected chi connectivity index (χ0v) is 17.2. The summed E-state index contributed by atoms with van der Waals surface area (Å²) in [7, 11) is 0. The number of benzene rings is 3. The van der Waals surface area contributed by atoms with Gasteiger partial charge >= 0.3 is 5.97 Å². The van der Waals surface area contributed by atoms with E-state index < -0.39 is 0 Å². The molecule has 5 rings (SSSR count). The number of rotatable bonds is 4. The Hall–Kier alpha value is -3.60. The molecule has 5 nitrogen and oxygen atoms in total. The predicted octanol–water partition coefficient (Wildman–Crippen LogP) is 4.99. The molecule has 1 amide bonds. The highest BCUT2D eigenvalue weighted by atomic mass is 16.5. The first-order valence-corrected chi connectivity index (χ1v) is 10.7. The molecular formula is C26H24N2O3. The van der Waals surface area contributed by atoms with Gasteiger partial charge in [0.1, 0.15) is 6.10 Å². The molecule has 1 N–H and O–H groups in total. The van der Waals surface area contributed by atoms with Crippen molar-refractivity contribution in [1.82, 2.24) is 0 Å². The van der Waals surface area contributed by atoms with Crippen LogP contribution in [0.3, 0.4) is 0 Å². The zero-order chi connectivity index (χ0) is 21.2. The maximum Gasteiger partial charge on any atom is 0.339 e. The number of ether oxygens (including phenoxy) is 1. The minimum absolute atomic E-state index is 0.176. The second-order valence-electron chi connectivity index (χ2n) is 8.05. The van der Waals surface area contributed by atoms with Crippen LogP contribution in [0.25, 0.3) is 0 Å². The molecule has 0 spiro atoms. The fraction of sp³-hybridized carbons (Fsp3) is 0.231. The van der Waals surface area contributed by atoms with Crippen LogP contribution >= 0.6 is 0 Å². The predicted molar refractivity (Wildman–Crippen MR) is 121 cm³/mol. The van der Waals surface area contributed by atoms with Crippen molar-refractivity contribution in [2.75, 3.05) is 23.3 Å². The van der Waals surface area contributed by atoms with Crippen LogP contribution in [0.1, 0.15) is 50.8 Å². The largest absolute Gasteiger partial charge is 0.454 e. The van der Waals surface area contributed by atoms with Crippen LogP contribution in [0.5, 0.6) is 0 Å². The topological polar surface area (TPSA) is 58.6 Å². The van der Waals surface area contributed by atoms with Gasteiger partial charge in [-0.2, -0.15) is 0 Å². The molecule has 0 aromatic heterocycles. The maximum absolute atomic E-state index is 13.1. The quantitative estimate of drug-likeness (QED) is 0.613. The molecular weight excluding hydrogens is 388 g/mol. The number of hydrogen-bond donors (Lipinski definition) is 1. The molecule has 1 atom stereocenters. The second kappa shape index (κ2) is 8.26. The molecule has 0 aliphatic carbocycles. The smallest absolute Gasteiger partial charge is 0.339 e. The van der Waals surface area contributed by atoms with Crippen LogP contribution in [0.4, 0.5) is 11.4 Å². The standard InChI is InChI=1S/C26H24N2O3/c29-25(27-22-10-4-5-11-23(22)28-14-6-7-15-28)19-12-13-21-20(16-19)17-24(31-26(21)30)18-8-2-1-3-9-18/h1-5,8-13,16,24H,6-7,14-15,17H2,(H,27,29)/t24-/m0/s1. The van der Waals surface area contributed by atoms with E-state index in [9.17, 15) is 9.59 Å². The number of fused-ring (bicyclic) bond motifs is 1. The van der Waals surface area contributed by atoms with Crippen molar-refractivity contribution in [1.29, 1.82) is 0 Å². The summed E-state index contributed by atoms with van der Waals surface area (Å²) in [5.74, 6) is -0.522. The van der Waals surface area contributed by atoms with E-state index in [0.29, 0.717) is 17.5 Å². The molecule has 5 heteroatoms. The van der Waals surface area contributed by atoms with Crippen LogP contribution in [-0.2, 0) is 11.2 Å². The number of esters is 1. The number of cyclic esters (lactones) is 1. The zero-order valence-electron chi connectivity index (χ0n) is 17.2. The highest BCUT2D eigenvalue weighted by molar-refractivity contribution is 6.06. The summed E-state index contributed by atoms with van der Waals surface area (Å²) in [5.41, 5.74) is 4.73. The summed E-state index contributed by atoms with van der Waals surface area (Å²) in [5, 5.41) is 3.07. The molecule has 1 saturated heterocycles. The summed E-state index contributed by atoms with van der Waals surface area (Å²) >= 11 is 0. The number of nitrogens with one attached hydrogen (secondary N) is 1. The summed E-state index contributed by atoms with van der Waals surface area (Å²) in [6.07, 6.45) is 2.56. The maximum atomic E-state index is 13.1. The van der Waals surface area contributed by atoms with E-state index in [0.717, 1.165) is 35.6 Å². The molecule has 1 fully saturated rings. The van der Waals surface area contributed by atoms with Gasteiger partial charge in [0.25, 0.3) is 5.91 Å². The van der Waals surface area contributed by atoms with Crippen LogP contribution in [0.15, 0.2) is 72.8 Å². The van der Waals surface area contributed by atoms with Crippen molar-refractivity contribution in [3.8, 4) is 0 Å². The third-order valence-electron chi connectivity index (χ3n) is 6.01. The minimum atomic E-state index is -0.346. The van der Waals surface area contributed by atoms with Crippen molar-refractivity contribution in [3.05, 3.63) is 95.1 Å². The van der Waals surface area contributed by atoms with Crippen molar-refractivity contribution in [3.63, 3.8) is 0 Å². The lowest BCUT2D eigenvalue weighted by Crippen LogP contribution is -2.23. The van der Waals surface area contributed by atoms with E-state index in [1.807, 2.05) is 60.7 Å². The third kappa shape index (κ3) is 3.91. The van der Waals surface area contributed by atoms with Crippen LogP contribution in [0, 0.1) is 0 Å². The lowest BCUT2D eigenvalue weighted by Gasteiger charge is -2.25. The van der Waals surface area contributed by atoms with E-state index in [-0.39, 0.29) is 18.0 Å². The average molecular weight is 412 g/mol. The monoisotopic (exact) mass is 412 g/mol. The first-order valence-electron chi connectivity index (χ1n) is 10.7. The van der Waals surface area contributed by atoms with E-state index in [1.165, 1.54) is 12.8 Å². The molecule has 0 saturated carbocycles. The number of amides is 1. The van der Waals surface area contributed by atoms with Gasteiger partial charge in [0.05, 0.1) is 16.9 Å².